The Morgan fingerprint density at radius 3 is 2.61 bits per heavy atom. The van der Waals surface area contributed by atoms with Crippen LogP contribution in [0.15, 0.2) is 24.3 Å². The van der Waals surface area contributed by atoms with E-state index in [1.165, 1.54) is 8.61 Å². The van der Waals surface area contributed by atoms with E-state index in [2.05, 4.69) is 9.97 Å². The van der Waals surface area contributed by atoms with Crippen LogP contribution in [0.5, 0.6) is 0 Å². The number of aromatic nitrogens is 2. The standard InChI is InChI=1S/C15H22N4O3S/c1-11-8-19(9-12(2)22-11)23(20,21)18(3)10-15-16-13-6-4-5-7-14(13)17-15/h4-7,11-12H,8-10H2,1-3H3,(H,16,17). The second-order valence-electron chi connectivity index (χ2n) is 6.04. The third kappa shape index (κ3) is 3.40. The summed E-state index contributed by atoms with van der Waals surface area (Å²) in [4.78, 5) is 7.59. The number of rotatable bonds is 4. The number of benzene rings is 1. The topological polar surface area (TPSA) is 78.5 Å². The van der Waals surface area contributed by atoms with Crippen molar-refractivity contribution in [2.75, 3.05) is 20.1 Å². The quantitative estimate of drug-likeness (QED) is 0.913. The molecule has 8 heteroatoms. The fourth-order valence-corrected chi connectivity index (χ4v) is 4.37. The Balaban J connectivity index is 1.77. The van der Waals surface area contributed by atoms with Crippen molar-refractivity contribution in [1.29, 1.82) is 0 Å². The van der Waals surface area contributed by atoms with E-state index in [-0.39, 0.29) is 18.8 Å². The number of ether oxygens (including phenoxy) is 1. The highest BCUT2D eigenvalue weighted by atomic mass is 32.2. The predicted octanol–water partition coefficient (Wildman–Crippen LogP) is 1.35. The van der Waals surface area contributed by atoms with E-state index in [4.69, 9.17) is 4.74 Å². The maximum Gasteiger partial charge on any atom is 0.282 e. The number of aromatic amines is 1. The zero-order valence-electron chi connectivity index (χ0n) is 13.6. The summed E-state index contributed by atoms with van der Waals surface area (Å²) in [7, 11) is -1.96. The van der Waals surface area contributed by atoms with Gasteiger partial charge in [-0.3, -0.25) is 0 Å². The van der Waals surface area contributed by atoms with Crippen molar-refractivity contribution >= 4 is 21.2 Å². The number of nitrogens with one attached hydrogen (secondary N) is 1. The largest absolute Gasteiger partial charge is 0.373 e. The van der Waals surface area contributed by atoms with Crippen LogP contribution in [-0.2, 0) is 21.5 Å². The summed E-state index contributed by atoms with van der Waals surface area (Å²) >= 11 is 0. The monoisotopic (exact) mass is 338 g/mol. The molecule has 1 N–H and O–H groups in total. The first kappa shape index (κ1) is 16.4. The van der Waals surface area contributed by atoms with Crippen LogP contribution in [0, 0.1) is 0 Å². The van der Waals surface area contributed by atoms with Crippen LogP contribution in [0.4, 0.5) is 0 Å². The van der Waals surface area contributed by atoms with Gasteiger partial charge in [-0.2, -0.15) is 17.0 Å². The second-order valence-corrected chi connectivity index (χ2v) is 8.07. The van der Waals surface area contributed by atoms with Gasteiger partial charge in [-0.05, 0) is 26.0 Å². The van der Waals surface area contributed by atoms with Gasteiger partial charge in [0, 0.05) is 20.1 Å². The molecule has 2 atom stereocenters. The summed E-state index contributed by atoms with van der Waals surface area (Å²) in [5.41, 5.74) is 1.74. The van der Waals surface area contributed by atoms with Gasteiger partial charge in [0.1, 0.15) is 5.82 Å². The van der Waals surface area contributed by atoms with Crippen LogP contribution in [0.25, 0.3) is 11.0 Å². The van der Waals surface area contributed by atoms with Crippen molar-refractivity contribution in [2.24, 2.45) is 0 Å². The Hall–Kier alpha value is -1.48. The molecule has 1 aromatic heterocycles. The average Bonchev–Trinajstić information content (AvgIpc) is 2.88. The minimum Gasteiger partial charge on any atom is -0.373 e. The SMILES string of the molecule is CC1CN(S(=O)(=O)N(C)Cc2nc3ccccc3[nH]2)CC(C)O1. The van der Waals surface area contributed by atoms with Gasteiger partial charge < -0.3 is 9.72 Å². The van der Waals surface area contributed by atoms with Gasteiger partial charge in [0.05, 0.1) is 29.8 Å². The molecule has 0 aliphatic carbocycles. The van der Waals surface area contributed by atoms with E-state index in [0.29, 0.717) is 18.9 Å². The zero-order chi connectivity index (χ0) is 16.6. The number of hydrogen-bond acceptors (Lipinski definition) is 4. The fraction of sp³-hybridized carbons (Fsp3) is 0.533. The van der Waals surface area contributed by atoms with Crippen molar-refractivity contribution in [3.63, 3.8) is 0 Å². The minimum absolute atomic E-state index is 0.104. The van der Waals surface area contributed by atoms with E-state index in [9.17, 15) is 8.42 Å². The van der Waals surface area contributed by atoms with Crippen molar-refractivity contribution in [1.82, 2.24) is 18.6 Å². The van der Waals surface area contributed by atoms with Gasteiger partial charge in [0.2, 0.25) is 0 Å². The number of imidazole rings is 1. The van der Waals surface area contributed by atoms with Crippen molar-refractivity contribution < 1.29 is 13.2 Å². The number of hydrogen-bond donors (Lipinski definition) is 1. The zero-order valence-corrected chi connectivity index (χ0v) is 14.4. The number of morpholine rings is 1. The maximum absolute atomic E-state index is 12.8. The van der Waals surface area contributed by atoms with Gasteiger partial charge >= 0.3 is 0 Å². The molecular weight excluding hydrogens is 316 g/mol. The summed E-state index contributed by atoms with van der Waals surface area (Å²) in [6.07, 6.45) is -0.207. The fourth-order valence-electron chi connectivity index (χ4n) is 2.89. The third-order valence-corrected chi connectivity index (χ3v) is 5.78. The number of para-hydroxylation sites is 2. The molecule has 23 heavy (non-hydrogen) atoms. The van der Waals surface area contributed by atoms with Crippen LogP contribution >= 0.6 is 0 Å². The lowest BCUT2D eigenvalue weighted by Gasteiger charge is -2.36. The summed E-state index contributed by atoms with van der Waals surface area (Å²) < 4.78 is 33.9. The summed E-state index contributed by atoms with van der Waals surface area (Å²) in [5, 5.41) is 0. The predicted molar refractivity (Wildman–Crippen MR) is 88.1 cm³/mol. The van der Waals surface area contributed by atoms with Gasteiger partial charge in [-0.25, -0.2) is 4.98 Å². The van der Waals surface area contributed by atoms with Crippen molar-refractivity contribution in [3.8, 4) is 0 Å². The highest BCUT2D eigenvalue weighted by Crippen LogP contribution is 2.18. The molecule has 0 saturated carbocycles. The molecule has 1 aromatic carbocycles. The first-order valence-corrected chi connectivity index (χ1v) is 9.06. The lowest BCUT2D eigenvalue weighted by Crippen LogP contribution is -2.52. The highest BCUT2D eigenvalue weighted by molar-refractivity contribution is 7.86. The Morgan fingerprint density at radius 2 is 1.96 bits per heavy atom. The van der Waals surface area contributed by atoms with Gasteiger partial charge in [-0.1, -0.05) is 12.1 Å². The molecule has 0 radical (unpaired) electrons. The Labute approximate surface area is 136 Å². The summed E-state index contributed by atoms with van der Waals surface area (Å²) in [5.74, 6) is 0.631. The van der Waals surface area contributed by atoms with Crippen LogP contribution in [-0.4, -0.2) is 59.3 Å². The first-order valence-electron chi connectivity index (χ1n) is 7.67. The Bertz CT molecular complexity index is 746. The van der Waals surface area contributed by atoms with Crippen molar-refractivity contribution in [3.05, 3.63) is 30.1 Å². The van der Waals surface area contributed by atoms with Crippen LogP contribution in [0.3, 0.4) is 0 Å². The number of nitrogens with zero attached hydrogens (tertiary/aromatic N) is 3. The molecule has 2 aromatic rings. The average molecular weight is 338 g/mol. The van der Waals surface area contributed by atoms with Gasteiger partial charge in [0.25, 0.3) is 10.2 Å². The van der Waals surface area contributed by atoms with Crippen molar-refractivity contribution in [2.45, 2.75) is 32.6 Å². The molecule has 126 valence electrons. The van der Waals surface area contributed by atoms with E-state index in [0.717, 1.165) is 11.0 Å². The molecule has 3 rings (SSSR count). The molecule has 2 heterocycles. The molecule has 2 unspecified atom stereocenters. The van der Waals surface area contributed by atoms with E-state index in [1.54, 1.807) is 7.05 Å². The molecule has 1 aliphatic heterocycles. The van der Waals surface area contributed by atoms with Gasteiger partial charge in [-0.15, -0.1) is 0 Å². The molecule has 1 fully saturated rings. The normalized spacial score (nSPS) is 23.7. The van der Waals surface area contributed by atoms with Crippen LogP contribution in [0.1, 0.15) is 19.7 Å². The smallest absolute Gasteiger partial charge is 0.282 e. The molecule has 0 amide bonds. The number of fused-ring (bicyclic) bond motifs is 1. The third-order valence-electron chi connectivity index (χ3n) is 3.92. The highest BCUT2D eigenvalue weighted by Gasteiger charge is 2.34. The summed E-state index contributed by atoms with van der Waals surface area (Å²) in [6, 6.07) is 7.64. The lowest BCUT2D eigenvalue weighted by molar-refractivity contribution is -0.0453. The molecule has 7 nitrogen and oxygen atoms in total. The van der Waals surface area contributed by atoms with E-state index >= 15 is 0 Å². The Kier molecular flexibility index (Phi) is 4.41. The lowest BCUT2D eigenvalue weighted by atomic mass is 10.3. The molecule has 0 spiro atoms. The molecule has 0 bridgehead atoms. The van der Waals surface area contributed by atoms with Crippen LogP contribution in [0.2, 0.25) is 0 Å². The van der Waals surface area contributed by atoms with E-state index in [1.807, 2.05) is 38.1 Å². The van der Waals surface area contributed by atoms with Gasteiger partial charge in [0.15, 0.2) is 0 Å². The summed E-state index contributed by atoms with van der Waals surface area (Å²) in [6.45, 7) is 4.72. The number of H-pyrrole nitrogens is 1. The molecule has 1 saturated heterocycles. The Morgan fingerprint density at radius 1 is 1.30 bits per heavy atom. The molecular formula is C15H22N4O3S. The first-order chi connectivity index (χ1) is 10.9. The maximum atomic E-state index is 12.8. The molecule has 1 aliphatic rings. The van der Waals surface area contributed by atoms with Crippen LogP contribution < -0.4 is 0 Å². The minimum atomic E-state index is -3.54. The second kappa shape index (κ2) is 6.20. The van der Waals surface area contributed by atoms with E-state index < -0.39 is 10.2 Å².